The van der Waals surface area contributed by atoms with Gasteiger partial charge in [-0.15, -0.1) is 11.6 Å². The van der Waals surface area contributed by atoms with Crippen molar-refractivity contribution >= 4 is 34.2 Å². The number of halogens is 2. The lowest BCUT2D eigenvalue weighted by Crippen LogP contribution is -1.77. The predicted molar refractivity (Wildman–Crippen MR) is 66.3 cm³/mol. The summed E-state index contributed by atoms with van der Waals surface area (Å²) in [6.07, 6.45) is 0. The summed E-state index contributed by atoms with van der Waals surface area (Å²) in [4.78, 5) is 0. The fourth-order valence-electron chi connectivity index (χ4n) is 1.20. The molecule has 0 aliphatic heterocycles. The molecule has 2 nitrogen and oxygen atoms in total. The summed E-state index contributed by atoms with van der Waals surface area (Å²) in [5.41, 5.74) is 3.00. The molecule has 1 N–H and O–H groups in total. The first kappa shape index (κ1) is 9.98. The standard InChI is InChI=1S/C10H8ClIN2/c11-6-9-5-10(14-13-9)7-1-3-8(12)4-2-7/h1-5H,6H2,(H,13,14). The molecule has 1 aromatic carbocycles. The number of aromatic nitrogens is 2. The second-order valence-electron chi connectivity index (χ2n) is 2.92. The molecule has 14 heavy (non-hydrogen) atoms. The lowest BCUT2D eigenvalue weighted by Gasteiger charge is -1.95. The Balaban J connectivity index is 2.34. The monoisotopic (exact) mass is 318 g/mol. The van der Waals surface area contributed by atoms with Crippen molar-refractivity contribution in [1.29, 1.82) is 0 Å². The topological polar surface area (TPSA) is 28.7 Å². The summed E-state index contributed by atoms with van der Waals surface area (Å²) >= 11 is 7.96. The van der Waals surface area contributed by atoms with Crippen LogP contribution in [-0.2, 0) is 5.88 Å². The molecule has 0 saturated carbocycles. The Morgan fingerprint density at radius 1 is 1.29 bits per heavy atom. The fourth-order valence-corrected chi connectivity index (χ4v) is 1.70. The first-order valence-corrected chi connectivity index (χ1v) is 5.77. The van der Waals surface area contributed by atoms with Gasteiger partial charge in [0, 0.05) is 9.13 Å². The van der Waals surface area contributed by atoms with Crippen LogP contribution in [0, 0.1) is 3.57 Å². The minimum Gasteiger partial charge on any atom is -0.281 e. The van der Waals surface area contributed by atoms with Crippen LogP contribution < -0.4 is 0 Å². The number of benzene rings is 1. The van der Waals surface area contributed by atoms with Gasteiger partial charge in [0.2, 0.25) is 0 Å². The van der Waals surface area contributed by atoms with Gasteiger partial charge in [-0.3, -0.25) is 5.10 Å². The lowest BCUT2D eigenvalue weighted by atomic mass is 10.1. The molecule has 0 saturated heterocycles. The summed E-state index contributed by atoms with van der Waals surface area (Å²) in [5, 5.41) is 7.06. The Bertz CT molecular complexity index is 422. The van der Waals surface area contributed by atoms with E-state index in [2.05, 4.69) is 57.1 Å². The van der Waals surface area contributed by atoms with Crippen molar-refractivity contribution in [3.8, 4) is 11.3 Å². The average molecular weight is 319 g/mol. The minimum atomic E-state index is 0.470. The van der Waals surface area contributed by atoms with E-state index < -0.39 is 0 Å². The molecule has 1 aromatic heterocycles. The molecular formula is C10H8ClIN2. The zero-order chi connectivity index (χ0) is 9.97. The number of rotatable bonds is 2. The smallest absolute Gasteiger partial charge is 0.0923 e. The highest BCUT2D eigenvalue weighted by atomic mass is 127. The molecule has 0 fully saturated rings. The molecule has 0 aliphatic rings. The van der Waals surface area contributed by atoms with Crippen LogP contribution in [-0.4, -0.2) is 10.2 Å². The Morgan fingerprint density at radius 3 is 2.57 bits per heavy atom. The van der Waals surface area contributed by atoms with E-state index in [1.165, 1.54) is 3.57 Å². The summed E-state index contributed by atoms with van der Waals surface area (Å²) in [7, 11) is 0. The molecule has 0 aliphatic carbocycles. The Morgan fingerprint density at radius 2 is 2.00 bits per heavy atom. The van der Waals surface area contributed by atoms with Crippen molar-refractivity contribution in [3.05, 3.63) is 39.6 Å². The summed E-state index contributed by atoms with van der Waals surface area (Å²) in [6.45, 7) is 0. The van der Waals surface area contributed by atoms with Gasteiger partial charge >= 0.3 is 0 Å². The number of hydrogen-bond acceptors (Lipinski definition) is 1. The van der Waals surface area contributed by atoms with E-state index in [9.17, 15) is 0 Å². The predicted octanol–water partition coefficient (Wildman–Crippen LogP) is 3.42. The van der Waals surface area contributed by atoms with Crippen LogP contribution in [0.3, 0.4) is 0 Å². The van der Waals surface area contributed by atoms with Crippen molar-refractivity contribution in [2.75, 3.05) is 0 Å². The van der Waals surface area contributed by atoms with E-state index in [0.29, 0.717) is 5.88 Å². The van der Waals surface area contributed by atoms with Gasteiger partial charge in [-0.1, -0.05) is 12.1 Å². The van der Waals surface area contributed by atoms with Gasteiger partial charge in [-0.25, -0.2) is 0 Å². The van der Waals surface area contributed by atoms with Crippen molar-refractivity contribution in [1.82, 2.24) is 10.2 Å². The molecule has 4 heteroatoms. The highest BCUT2D eigenvalue weighted by Crippen LogP contribution is 2.19. The van der Waals surface area contributed by atoms with Crippen LogP contribution in [0.2, 0.25) is 0 Å². The summed E-state index contributed by atoms with van der Waals surface area (Å²) < 4.78 is 1.22. The molecular weight excluding hydrogens is 310 g/mol. The van der Waals surface area contributed by atoms with Crippen molar-refractivity contribution in [3.63, 3.8) is 0 Å². The molecule has 0 amide bonds. The van der Waals surface area contributed by atoms with Gasteiger partial charge in [0.1, 0.15) is 0 Å². The van der Waals surface area contributed by atoms with Crippen LogP contribution >= 0.6 is 34.2 Å². The maximum absolute atomic E-state index is 5.68. The van der Waals surface area contributed by atoms with Crippen LogP contribution in [0.15, 0.2) is 30.3 Å². The molecule has 72 valence electrons. The van der Waals surface area contributed by atoms with Gasteiger partial charge in [0.25, 0.3) is 0 Å². The van der Waals surface area contributed by atoms with E-state index in [4.69, 9.17) is 11.6 Å². The quantitative estimate of drug-likeness (QED) is 0.667. The van der Waals surface area contributed by atoms with Gasteiger partial charge < -0.3 is 0 Å². The summed E-state index contributed by atoms with van der Waals surface area (Å²) in [6, 6.07) is 10.2. The lowest BCUT2D eigenvalue weighted by molar-refractivity contribution is 1.04. The molecule has 0 bridgehead atoms. The third kappa shape index (κ3) is 2.09. The maximum atomic E-state index is 5.68. The molecule has 1 heterocycles. The number of aromatic amines is 1. The Labute approximate surface area is 101 Å². The Hall–Kier alpha value is -0.550. The second kappa shape index (κ2) is 4.31. The third-order valence-corrected chi connectivity index (χ3v) is 2.92. The van der Waals surface area contributed by atoms with Gasteiger partial charge in [-0.05, 0) is 40.8 Å². The maximum Gasteiger partial charge on any atom is 0.0923 e. The normalized spacial score (nSPS) is 10.4. The number of H-pyrrole nitrogens is 1. The second-order valence-corrected chi connectivity index (χ2v) is 4.43. The minimum absolute atomic E-state index is 0.470. The first-order valence-electron chi connectivity index (χ1n) is 4.16. The zero-order valence-electron chi connectivity index (χ0n) is 7.30. The van der Waals surface area contributed by atoms with Crippen molar-refractivity contribution in [2.45, 2.75) is 5.88 Å². The largest absolute Gasteiger partial charge is 0.281 e. The molecule has 0 unspecified atom stereocenters. The van der Waals surface area contributed by atoms with Crippen molar-refractivity contribution < 1.29 is 0 Å². The number of nitrogens with one attached hydrogen (secondary N) is 1. The molecule has 0 spiro atoms. The summed E-state index contributed by atoms with van der Waals surface area (Å²) in [5.74, 6) is 0.470. The number of alkyl halides is 1. The molecule has 2 aromatic rings. The van der Waals surface area contributed by atoms with Gasteiger partial charge in [-0.2, -0.15) is 5.10 Å². The SMILES string of the molecule is ClCc1cc(-c2ccc(I)cc2)n[nH]1. The van der Waals surface area contributed by atoms with Crippen LogP contribution in [0.25, 0.3) is 11.3 Å². The number of nitrogens with zero attached hydrogens (tertiary/aromatic N) is 1. The van der Waals surface area contributed by atoms with Crippen molar-refractivity contribution in [2.24, 2.45) is 0 Å². The Kier molecular flexibility index (Phi) is 3.08. The molecule has 2 rings (SSSR count). The van der Waals surface area contributed by atoms with Crippen LogP contribution in [0.1, 0.15) is 5.69 Å². The first-order chi connectivity index (χ1) is 6.79. The highest BCUT2D eigenvalue weighted by Gasteiger charge is 2.02. The highest BCUT2D eigenvalue weighted by molar-refractivity contribution is 14.1. The van der Waals surface area contributed by atoms with Crippen LogP contribution in [0.4, 0.5) is 0 Å². The van der Waals surface area contributed by atoms with Crippen LogP contribution in [0.5, 0.6) is 0 Å². The van der Waals surface area contributed by atoms with Gasteiger partial charge in [0.15, 0.2) is 0 Å². The average Bonchev–Trinajstić information content (AvgIpc) is 2.67. The van der Waals surface area contributed by atoms with Gasteiger partial charge in [0.05, 0.1) is 17.3 Å². The molecule has 0 radical (unpaired) electrons. The van der Waals surface area contributed by atoms with E-state index in [0.717, 1.165) is 17.0 Å². The van der Waals surface area contributed by atoms with E-state index >= 15 is 0 Å². The van der Waals surface area contributed by atoms with E-state index in [-0.39, 0.29) is 0 Å². The molecule has 0 atom stereocenters. The van der Waals surface area contributed by atoms with E-state index in [1.54, 1.807) is 0 Å². The fraction of sp³-hybridized carbons (Fsp3) is 0.100. The third-order valence-electron chi connectivity index (χ3n) is 1.91. The van der Waals surface area contributed by atoms with E-state index in [1.807, 2.05) is 6.07 Å². The number of hydrogen-bond donors (Lipinski definition) is 1. The zero-order valence-corrected chi connectivity index (χ0v) is 10.2.